The molecule has 0 aliphatic carbocycles. The van der Waals surface area contributed by atoms with E-state index >= 15 is 0 Å². The topological polar surface area (TPSA) is 38.1 Å². The smallest absolute Gasteiger partial charge is 0.274 e. The SMILES string of the molecule is Cc1ccccc1C1CCCN1C(=O)c1cc(C)n(-c2ccccc2)n1. The van der Waals surface area contributed by atoms with E-state index in [-0.39, 0.29) is 11.9 Å². The molecule has 1 aromatic heterocycles. The zero-order chi connectivity index (χ0) is 18.1. The molecule has 3 aromatic rings. The van der Waals surface area contributed by atoms with Crippen LogP contribution in [0.4, 0.5) is 0 Å². The minimum absolute atomic E-state index is 0.0218. The fraction of sp³-hybridized carbons (Fsp3) is 0.273. The molecule has 0 saturated carbocycles. The summed E-state index contributed by atoms with van der Waals surface area (Å²) >= 11 is 0. The molecular weight excluding hydrogens is 322 g/mol. The largest absolute Gasteiger partial charge is 0.330 e. The Bertz CT molecular complexity index is 930. The maximum Gasteiger partial charge on any atom is 0.274 e. The quantitative estimate of drug-likeness (QED) is 0.702. The number of likely N-dealkylation sites (tertiary alicyclic amines) is 1. The lowest BCUT2D eigenvalue weighted by Crippen LogP contribution is -2.31. The zero-order valence-electron chi connectivity index (χ0n) is 15.2. The van der Waals surface area contributed by atoms with Crippen molar-refractivity contribution in [1.82, 2.24) is 14.7 Å². The van der Waals surface area contributed by atoms with Crippen LogP contribution >= 0.6 is 0 Å². The van der Waals surface area contributed by atoms with Gasteiger partial charge >= 0.3 is 0 Å². The number of nitrogens with zero attached hydrogens (tertiary/aromatic N) is 3. The molecule has 132 valence electrons. The molecule has 0 N–H and O–H groups in total. The van der Waals surface area contributed by atoms with E-state index in [9.17, 15) is 4.79 Å². The minimum atomic E-state index is 0.0218. The van der Waals surface area contributed by atoms with Crippen molar-refractivity contribution >= 4 is 5.91 Å². The van der Waals surface area contributed by atoms with Crippen LogP contribution in [0.25, 0.3) is 5.69 Å². The van der Waals surface area contributed by atoms with Crippen LogP contribution in [-0.2, 0) is 0 Å². The predicted molar refractivity (Wildman–Crippen MR) is 102 cm³/mol. The number of hydrogen-bond acceptors (Lipinski definition) is 2. The average Bonchev–Trinajstić information content (AvgIpc) is 3.29. The van der Waals surface area contributed by atoms with Crippen molar-refractivity contribution in [3.63, 3.8) is 0 Å². The first-order valence-electron chi connectivity index (χ1n) is 9.14. The van der Waals surface area contributed by atoms with E-state index in [2.05, 4.69) is 30.2 Å². The summed E-state index contributed by atoms with van der Waals surface area (Å²) in [7, 11) is 0. The third-order valence-electron chi connectivity index (χ3n) is 5.17. The van der Waals surface area contributed by atoms with Crippen LogP contribution < -0.4 is 0 Å². The lowest BCUT2D eigenvalue weighted by Gasteiger charge is -2.25. The molecule has 1 atom stereocenters. The van der Waals surface area contributed by atoms with Gasteiger partial charge in [-0.1, -0.05) is 42.5 Å². The maximum atomic E-state index is 13.2. The average molecular weight is 345 g/mol. The highest BCUT2D eigenvalue weighted by Gasteiger charge is 2.32. The molecule has 1 unspecified atom stereocenters. The van der Waals surface area contributed by atoms with Crippen molar-refractivity contribution in [3.8, 4) is 5.69 Å². The Balaban J connectivity index is 1.65. The van der Waals surface area contributed by atoms with E-state index in [1.165, 1.54) is 11.1 Å². The van der Waals surface area contributed by atoms with Crippen molar-refractivity contribution in [3.05, 3.63) is 83.2 Å². The molecule has 2 heterocycles. The number of carbonyl (C=O) groups is 1. The van der Waals surface area contributed by atoms with Gasteiger partial charge in [0.2, 0.25) is 0 Å². The first-order valence-corrected chi connectivity index (χ1v) is 9.14. The van der Waals surface area contributed by atoms with Gasteiger partial charge in [-0.3, -0.25) is 4.79 Å². The zero-order valence-corrected chi connectivity index (χ0v) is 15.2. The summed E-state index contributed by atoms with van der Waals surface area (Å²) < 4.78 is 1.84. The number of aromatic nitrogens is 2. The van der Waals surface area contributed by atoms with Gasteiger partial charge in [0.05, 0.1) is 11.7 Å². The number of rotatable bonds is 3. The highest BCUT2D eigenvalue weighted by molar-refractivity contribution is 5.93. The number of hydrogen-bond donors (Lipinski definition) is 0. The van der Waals surface area contributed by atoms with Crippen molar-refractivity contribution < 1.29 is 4.79 Å². The fourth-order valence-electron chi connectivity index (χ4n) is 3.85. The van der Waals surface area contributed by atoms with Gasteiger partial charge in [0.15, 0.2) is 5.69 Å². The molecule has 4 rings (SSSR count). The summed E-state index contributed by atoms with van der Waals surface area (Å²) in [6, 6.07) is 20.3. The second kappa shape index (κ2) is 6.79. The van der Waals surface area contributed by atoms with Gasteiger partial charge in [-0.15, -0.1) is 0 Å². The van der Waals surface area contributed by atoms with Gasteiger partial charge < -0.3 is 4.90 Å². The Kier molecular flexibility index (Phi) is 4.33. The van der Waals surface area contributed by atoms with E-state index in [1.54, 1.807) is 0 Å². The molecule has 1 aliphatic rings. The third kappa shape index (κ3) is 2.92. The van der Waals surface area contributed by atoms with Crippen LogP contribution in [-0.4, -0.2) is 27.1 Å². The van der Waals surface area contributed by atoms with E-state index in [1.807, 2.05) is 59.0 Å². The molecule has 1 saturated heterocycles. The lowest BCUT2D eigenvalue weighted by atomic mass is 9.99. The standard InChI is InChI=1S/C22H23N3O/c1-16-9-6-7-12-19(16)21-13-8-14-24(21)22(26)20-15-17(2)25(23-20)18-10-4-3-5-11-18/h3-7,9-12,15,21H,8,13-14H2,1-2H3. The van der Waals surface area contributed by atoms with Gasteiger partial charge in [-0.25, -0.2) is 4.68 Å². The Morgan fingerprint density at radius 1 is 1.04 bits per heavy atom. The van der Waals surface area contributed by atoms with Crippen molar-refractivity contribution in [2.45, 2.75) is 32.7 Å². The van der Waals surface area contributed by atoms with Crippen LogP contribution in [0.3, 0.4) is 0 Å². The number of carbonyl (C=O) groups excluding carboxylic acids is 1. The number of para-hydroxylation sites is 1. The normalized spacial score (nSPS) is 16.8. The van der Waals surface area contributed by atoms with Crippen LogP contribution in [0.1, 0.15) is 46.2 Å². The van der Waals surface area contributed by atoms with Crippen molar-refractivity contribution in [2.24, 2.45) is 0 Å². The van der Waals surface area contributed by atoms with E-state index in [0.29, 0.717) is 5.69 Å². The Labute approximate surface area is 154 Å². The summed E-state index contributed by atoms with van der Waals surface area (Å²) in [4.78, 5) is 15.2. The van der Waals surface area contributed by atoms with Crippen LogP contribution in [0.5, 0.6) is 0 Å². The maximum absolute atomic E-state index is 13.2. The van der Waals surface area contributed by atoms with Crippen molar-refractivity contribution in [1.29, 1.82) is 0 Å². The molecule has 4 heteroatoms. The molecule has 4 nitrogen and oxygen atoms in total. The summed E-state index contributed by atoms with van der Waals surface area (Å²) in [6.45, 7) is 4.89. The number of benzene rings is 2. The first-order chi connectivity index (χ1) is 12.6. The highest BCUT2D eigenvalue weighted by Crippen LogP contribution is 2.34. The summed E-state index contributed by atoms with van der Waals surface area (Å²) in [5.41, 5.74) is 4.94. The first kappa shape index (κ1) is 16.6. The van der Waals surface area contributed by atoms with Gasteiger partial charge in [0.1, 0.15) is 0 Å². The van der Waals surface area contributed by atoms with Gasteiger partial charge in [-0.05, 0) is 56.0 Å². The van der Waals surface area contributed by atoms with E-state index in [0.717, 1.165) is 30.8 Å². The molecular formula is C22H23N3O. The molecule has 1 aliphatic heterocycles. The third-order valence-corrected chi connectivity index (χ3v) is 5.17. The predicted octanol–water partition coefficient (Wildman–Crippen LogP) is 4.47. The summed E-state index contributed by atoms with van der Waals surface area (Å²) in [5.74, 6) is 0.0218. The summed E-state index contributed by atoms with van der Waals surface area (Å²) in [6.07, 6.45) is 2.04. The van der Waals surface area contributed by atoms with Crippen LogP contribution in [0.15, 0.2) is 60.7 Å². The van der Waals surface area contributed by atoms with Crippen LogP contribution in [0.2, 0.25) is 0 Å². The summed E-state index contributed by atoms with van der Waals surface area (Å²) in [5, 5.41) is 4.60. The Morgan fingerprint density at radius 2 is 1.77 bits per heavy atom. The van der Waals surface area contributed by atoms with Crippen molar-refractivity contribution in [2.75, 3.05) is 6.54 Å². The van der Waals surface area contributed by atoms with E-state index in [4.69, 9.17) is 0 Å². The fourth-order valence-corrected chi connectivity index (χ4v) is 3.85. The second-order valence-corrected chi connectivity index (χ2v) is 6.93. The Hall–Kier alpha value is -2.88. The molecule has 1 fully saturated rings. The molecule has 1 amide bonds. The van der Waals surface area contributed by atoms with Gasteiger partial charge in [-0.2, -0.15) is 5.10 Å². The van der Waals surface area contributed by atoms with E-state index < -0.39 is 0 Å². The van der Waals surface area contributed by atoms with Crippen LogP contribution in [0, 0.1) is 13.8 Å². The number of amides is 1. The molecule has 2 aromatic carbocycles. The molecule has 0 spiro atoms. The highest BCUT2D eigenvalue weighted by atomic mass is 16.2. The molecule has 0 radical (unpaired) electrons. The van der Waals surface area contributed by atoms with Gasteiger partial charge in [0.25, 0.3) is 5.91 Å². The molecule has 0 bridgehead atoms. The van der Waals surface area contributed by atoms with Gasteiger partial charge in [0, 0.05) is 12.2 Å². The molecule has 26 heavy (non-hydrogen) atoms. The minimum Gasteiger partial charge on any atom is -0.330 e. The second-order valence-electron chi connectivity index (χ2n) is 6.93. The number of aryl methyl sites for hydroxylation is 2. The lowest BCUT2D eigenvalue weighted by molar-refractivity contribution is 0.0729. The monoisotopic (exact) mass is 345 g/mol. The Morgan fingerprint density at radius 3 is 2.54 bits per heavy atom.